The van der Waals surface area contributed by atoms with Gasteiger partial charge >= 0.3 is 0 Å². The highest BCUT2D eigenvalue weighted by molar-refractivity contribution is 7.97. The van der Waals surface area contributed by atoms with E-state index in [9.17, 15) is 4.39 Å². The Labute approximate surface area is 163 Å². The van der Waals surface area contributed by atoms with Gasteiger partial charge in [0, 0.05) is 6.07 Å². The van der Waals surface area contributed by atoms with Crippen LogP contribution in [0.2, 0.25) is 0 Å². The van der Waals surface area contributed by atoms with E-state index < -0.39 is 0 Å². The molecule has 0 unspecified atom stereocenters. The fourth-order valence-corrected chi connectivity index (χ4v) is 5.80. The lowest BCUT2D eigenvalue weighted by Crippen LogP contribution is -2.28. The van der Waals surface area contributed by atoms with Gasteiger partial charge < -0.3 is 4.74 Å². The van der Waals surface area contributed by atoms with Gasteiger partial charge in [-0.1, -0.05) is 36.4 Å². The van der Waals surface area contributed by atoms with E-state index in [-0.39, 0.29) is 22.3 Å². The zero-order valence-electron chi connectivity index (χ0n) is 15.5. The van der Waals surface area contributed by atoms with Crippen LogP contribution in [-0.4, -0.2) is 5.60 Å². The van der Waals surface area contributed by atoms with Gasteiger partial charge in [-0.3, -0.25) is 0 Å². The molecule has 1 aliphatic rings. The van der Waals surface area contributed by atoms with Crippen LogP contribution in [0.5, 0.6) is 5.75 Å². The Kier molecular flexibility index (Phi) is 5.22. The van der Waals surface area contributed by atoms with E-state index in [1.807, 2.05) is 42.5 Å². The lowest BCUT2D eigenvalue weighted by molar-refractivity contribution is 0.0912. The van der Waals surface area contributed by atoms with Crippen LogP contribution in [0.3, 0.4) is 0 Å². The maximum Gasteiger partial charge on any atom is 0.170 e. The van der Waals surface area contributed by atoms with E-state index in [4.69, 9.17) is 4.74 Å². The number of benzene rings is 3. The van der Waals surface area contributed by atoms with Gasteiger partial charge in [-0.25, -0.2) is 4.39 Å². The molecule has 3 aromatic carbocycles. The number of hydrogen-bond acceptors (Lipinski definition) is 1. The van der Waals surface area contributed by atoms with Gasteiger partial charge in [-0.2, -0.15) is 0 Å². The molecule has 0 N–H and O–H groups in total. The SMILES string of the molecule is CC1(Oc2ccc([S+](c3ccccc3)c3ccccc3)cc2F)CCCC1. The van der Waals surface area contributed by atoms with Crippen LogP contribution in [-0.2, 0) is 10.9 Å². The van der Waals surface area contributed by atoms with Gasteiger partial charge in [0.05, 0.1) is 10.9 Å². The van der Waals surface area contributed by atoms with Crippen molar-refractivity contribution in [3.05, 3.63) is 84.7 Å². The number of ether oxygens (including phenoxy) is 1. The molecule has 0 radical (unpaired) electrons. The molecule has 1 saturated carbocycles. The third-order valence-corrected chi connectivity index (χ3v) is 7.33. The second-order valence-electron chi connectivity index (χ2n) is 7.28. The molecule has 0 heterocycles. The summed E-state index contributed by atoms with van der Waals surface area (Å²) in [4.78, 5) is 3.33. The molecule has 0 spiro atoms. The van der Waals surface area contributed by atoms with Crippen LogP contribution in [0.4, 0.5) is 4.39 Å². The molecule has 0 saturated heterocycles. The molecule has 3 heteroatoms. The van der Waals surface area contributed by atoms with Crippen LogP contribution in [0.1, 0.15) is 32.6 Å². The van der Waals surface area contributed by atoms with Crippen molar-refractivity contribution >= 4 is 10.9 Å². The van der Waals surface area contributed by atoms with Crippen molar-refractivity contribution in [3.8, 4) is 5.75 Å². The molecule has 138 valence electrons. The summed E-state index contributed by atoms with van der Waals surface area (Å²) in [5, 5.41) is 0. The van der Waals surface area contributed by atoms with Crippen LogP contribution < -0.4 is 4.74 Å². The average molecular weight is 380 g/mol. The topological polar surface area (TPSA) is 9.23 Å². The summed E-state index contributed by atoms with van der Waals surface area (Å²) in [6.07, 6.45) is 4.29. The van der Waals surface area contributed by atoms with E-state index in [2.05, 4.69) is 31.2 Å². The molecule has 4 rings (SSSR count). The van der Waals surface area contributed by atoms with Crippen molar-refractivity contribution in [2.24, 2.45) is 0 Å². The van der Waals surface area contributed by atoms with Crippen molar-refractivity contribution in [1.82, 2.24) is 0 Å². The molecule has 0 aliphatic heterocycles. The van der Waals surface area contributed by atoms with Crippen LogP contribution in [0.25, 0.3) is 0 Å². The van der Waals surface area contributed by atoms with Crippen molar-refractivity contribution in [2.75, 3.05) is 0 Å². The summed E-state index contributed by atoms with van der Waals surface area (Å²) in [5.41, 5.74) is -0.233. The first kappa shape index (κ1) is 18.1. The Balaban J connectivity index is 1.70. The van der Waals surface area contributed by atoms with Crippen molar-refractivity contribution in [1.29, 1.82) is 0 Å². The standard InChI is InChI=1S/C24H24FOS/c1-24(16-8-9-17-24)26-23-15-14-21(18-22(23)25)27(19-10-4-2-5-11-19)20-12-6-3-7-13-20/h2-7,10-15,18H,8-9,16-17H2,1H3/q+1. The Hall–Kier alpha value is -2.26. The van der Waals surface area contributed by atoms with E-state index in [0.29, 0.717) is 5.75 Å². The summed E-state index contributed by atoms with van der Waals surface area (Å²) < 4.78 is 21.0. The van der Waals surface area contributed by atoms with Crippen LogP contribution in [0.15, 0.2) is 93.5 Å². The number of halogens is 1. The quantitative estimate of drug-likeness (QED) is 0.452. The number of rotatable bonds is 5. The first-order valence-corrected chi connectivity index (χ1v) is 10.7. The largest absolute Gasteiger partial charge is 0.484 e. The first-order valence-electron chi connectivity index (χ1n) is 9.48. The van der Waals surface area contributed by atoms with E-state index in [1.165, 1.54) is 9.79 Å². The van der Waals surface area contributed by atoms with Crippen molar-refractivity contribution in [3.63, 3.8) is 0 Å². The molecule has 0 aromatic heterocycles. The van der Waals surface area contributed by atoms with Gasteiger partial charge in [0.1, 0.15) is 5.60 Å². The third-order valence-electron chi connectivity index (χ3n) is 5.11. The minimum Gasteiger partial charge on any atom is -0.484 e. The minimum atomic E-state index is -0.343. The van der Waals surface area contributed by atoms with Gasteiger partial charge in [0.15, 0.2) is 26.3 Å². The second-order valence-corrected chi connectivity index (χ2v) is 9.31. The Morgan fingerprint density at radius 3 is 1.85 bits per heavy atom. The molecular weight excluding hydrogens is 355 g/mol. The smallest absolute Gasteiger partial charge is 0.170 e. The molecule has 27 heavy (non-hydrogen) atoms. The van der Waals surface area contributed by atoms with Crippen LogP contribution in [0, 0.1) is 5.82 Å². The lowest BCUT2D eigenvalue weighted by atomic mass is 10.1. The van der Waals surface area contributed by atoms with Gasteiger partial charge in [0.25, 0.3) is 0 Å². The predicted molar refractivity (Wildman–Crippen MR) is 109 cm³/mol. The molecule has 1 aliphatic carbocycles. The molecule has 3 aromatic rings. The van der Waals surface area contributed by atoms with E-state index in [0.717, 1.165) is 30.6 Å². The summed E-state index contributed by atoms with van der Waals surface area (Å²) in [6.45, 7) is 2.09. The molecule has 1 fully saturated rings. The Bertz CT molecular complexity index is 849. The van der Waals surface area contributed by atoms with Crippen molar-refractivity contribution < 1.29 is 9.13 Å². The van der Waals surface area contributed by atoms with Crippen molar-refractivity contribution in [2.45, 2.75) is 52.9 Å². The van der Waals surface area contributed by atoms with E-state index >= 15 is 0 Å². The van der Waals surface area contributed by atoms with Gasteiger partial charge in [-0.05, 0) is 69.0 Å². The minimum absolute atomic E-state index is 0.233. The fraction of sp³-hybridized carbons (Fsp3) is 0.250. The monoisotopic (exact) mass is 379 g/mol. The molecule has 0 bridgehead atoms. The average Bonchev–Trinajstić information content (AvgIpc) is 3.12. The fourth-order valence-electron chi connectivity index (χ4n) is 3.70. The van der Waals surface area contributed by atoms with Gasteiger partial charge in [0.2, 0.25) is 0 Å². The maximum absolute atomic E-state index is 14.9. The predicted octanol–water partition coefficient (Wildman–Crippen LogP) is 6.63. The highest BCUT2D eigenvalue weighted by Gasteiger charge is 2.33. The van der Waals surface area contributed by atoms with Gasteiger partial charge in [-0.15, -0.1) is 0 Å². The molecule has 0 amide bonds. The maximum atomic E-state index is 14.9. The zero-order chi connectivity index (χ0) is 18.7. The van der Waals surface area contributed by atoms with E-state index in [1.54, 1.807) is 12.1 Å². The third kappa shape index (κ3) is 4.03. The molecule has 1 nitrogen and oxygen atoms in total. The number of hydrogen-bond donors (Lipinski definition) is 0. The summed E-state index contributed by atoms with van der Waals surface area (Å²) in [7, 11) is -0.343. The Morgan fingerprint density at radius 1 is 0.778 bits per heavy atom. The zero-order valence-corrected chi connectivity index (χ0v) is 16.3. The summed E-state index contributed by atoms with van der Waals surface area (Å²) in [6, 6.07) is 26.1. The summed E-state index contributed by atoms with van der Waals surface area (Å²) in [5.74, 6) is 0.0952. The normalized spacial score (nSPS) is 15.8. The first-order chi connectivity index (χ1) is 13.1. The highest BCUT2D eigenvalue weighted by atomic mass is 32.2. The Morgan fingerprint density at radius 2 is 1.33 bits per heavy atom. The summed E-state index contributed by atoms with van der Waals surface area (Å²) >= 11 is 0. The molecular formula is C24H24FOS+. The second kappa shape index (κ2) is 7.77. The highest BCUT2D eigenvalue weighted by Crippen LogP contribution is 2.37. The lowest BCUT2D eigenvalue weighted by Gasteiger charge is -2.25. The molecule has 0 atom stereocenters. The van der Waals surface area contributed by atoms with Crippen LogP contribution >= 0.6 is 0 Å².